The van der Waals surface area contributed by atoms with Crippen LogP contribution in [0.5, 0.6) is 0 Å². The molecule has 2 rings (SSSR count). The number of hydrogen-bond acceptors (Lipinski definition) is 1. The summed E-state index contributed by atoms with van der Waals surface area (Å²) in [4.78, 5) is 14.3. The molecule has 1 aromatic rings. The van der Waals surface area contributed by atoms with Gasteiger partial charge in [0.05, 0.1) is 10.6 Å². The SMILES string of the molecule is CC1CCN(C(=O)c2cccc(F)c2Cl)CC1Br. The Morgan fingerprint density at radius 2 is 2.28 bits per heavy atom. The van der Waals surface area contributed by atoms with Gasteiger partial charge in [-0.25, -0.2) is 4.39 Å². The van der Waals surface area contributed by atoms with Gasteiger partial charge in [0.25, 0.3) is 5.91 Å². The summed E-state index contributed by atoms with van der Waals surface area (Å²) in [6, 6.07) is 4.33. The minimum absolute atomic E-state index is 0.0905. The Kier molecular flexibility index (Phi) is 4.28. The molecule has 2 nitrogen and oxygen atoms in total. The third-order valence-electron chi connectivity index (χ3n) is 3.34. The molecular weight excluding hydrogens is 321 g/mol. The third-order valence-corrected chi connectivity index (χ3v) is 4.91. The summed E-state index contributed by atoms with van der Waals surface area (Å²) in [5, 5.41) is -0.0905. The van der Waals surface area contributed by atoms with Crippen LogP contribution in [0.2, 0.25) is 5.02 Å². The molecule has 0 saturated carbocycles. The van der Waals surface area contributed by atoms with E-state index in [1.165, 1.54) is 12.1 Å². The summed E-state index contributed by atoms with van der Waals surface area (Å²) < 4.78 is 13.3. The third kappa shape index (κ3) is 2.69. The van der Waals surface area contributed by atoms with Crippen molar-refractivity contribution in [2.75, 3.05) is 13.1 Å². The summed E-state index contributed by atoms with van der Waals surface area (Å²) in [7, 11) is 0. The quantitative estimate of drug-likeness (QED) is 0.717. The van der Waals surface area contributed by atoms with Crippen molar-refractivity contribution in [2.24, 2.45) is 5.92 Å². The van der Waals surface area contributed by atoms with Gasteiger partial charge in [-0.3, -0.25) is 4.79 Å². The maximum absolute atomic E-state index is 13.3. The number of piperidine rings is 1. The molecule has 1 amide bonds. The van der Waals surface area contributed by atoms with E-state index >= 15 is 0 Å². The van der Waals surface area contributed by atoms with Crippen LogP contribution in [0.1, 0.15) is 23.7 Å². The number of likely N-dealkylation sites (tertiary alicyclic amines) is 1. The number of rotatable bonds is 1. The monoisotopic (exact) mass is 333 g/mol. The van der Waals surface area contributed by atoms with Gasteiger partial charge in [0.1, 0.15) is 5.82 Å². The highest BCUT2D eigenvalue weighted by Crippen LogP contribution is 2.27. The van der Waals surface area contributed by atoms with E-state index in [1.807, 2.05) is 0 Å². The van der Waals surface area contributed by atoms with Crippen LogP contribution in [-0.2, 0) is 0 Å². The first-order valence-electron chi connectivity index (χ1n) is 5.88. The van der Waals surface area contributed by atoms with Crippen LogP contribution in [-0.4, -0.2) is 28.7 Å². The summed E-state index contributed by atoms with van der Waals surface area (Å²) in [5.41, 5.74) is 0.242. The molecule has 0 N–H and O–H groups in total. The highest BCUT2D eigenvalue weighted by molar-refractivity contribution is 9.09. The zero-order valence-electron chi connectivity index (χ0n) is 10.00. The number of carbonyl (C=O) groups is 1. The fourth-order valence-electron chi connectivity index (χ4n) is 2.05. The van der Waals surface area contributed by atoms with Gasteiger partial charge in [0, 0.05) is 17.9 Å². The van der Waals surface area contributed by atoms with Crippen molar-refractivity contribution in [3.8, 4) is 0 Å². The number of benzene rings is 1. The van der Waals surface area contributed by atoms with Gasteiger partial charge in [-0.2, -0.15) is 0 Å². The van der Waals surface area contributed by atoms with E-state index in [0.29, 0.717) is 19.0 Å². The molecule has 0 radical (unpaired) electrons. The van der Waals surface area contributed by atoms with Crippen molar-refractivity contribution >= 4 is 33.4 Å². The Balaban J connectivity index is 2.19. The molecule has 1 aromatic carbocycles. The van der Waals surface area contributed by atoms with Gasteiger partial charge in [-0.15, -0.1) is 0 Å². The maximum atomic E-state index is 13.3. The lowest BCUT2D eigenvalue weighted by Crippen LogP contribution is -2.43. The molecule has 1 fully saturated rings. The van der Waals surface area contributed by atoms with Crippen LogP contribution in [0.25, 0.3) is 0 Å². The fourth-order valence-corrected chi connectivity index (χ4v) is 2.87. The average molecular weight is 335 g/mol. The molecule has 98 valence electrons. The number of amides is 1. The summed E-state index contributed by atoms with van der Waals surface area (Å²) >= 11 is 9.41. The Bertz CT molecular complexity index is 468. The molecule has 2 atom stereocenters. The smallest absolute Gasteiger partial charge is 0.255 e. The second-order valence-electron chi connectivity index (χ2n) is 4.63. The van der Waals surface area contributed by atoms with Crippen molar-refractivity contribution in [3.05, 3.63) is 34.6 Å². The molecule has 1 saturated heterocycles. The molecule has 1 aliphatic heterocycles. The summed E-state index contributed by atoms with van der Waals surface area (Å²) in [6.07, 6.45) is 0.939. The van der Waals surface area contributed by atoms with E-state index < -0.39 is 5.82 Å². The molecule has 0 bridgehead atoms. The Hall–Kier alpha value is -0.610. The first-order valence-corrected chi connectivity index (χ1v) is 7.17. The van der Waals surface area contributed by atoms with E-state index in [2.05, 4.69) is 22.9 Å². The molecule has 2 unspecified atom stereocenters. The number of hydrogen-bond donors (Lipinski definition) is 0. The van der Waals surface area contributed by atoms with Gasteiger partial charge in [-0.1, -0.05) is 40.5 Å². The van der Waals surface area contributed by atoms with Crippen molar-refractivity contribution in [1.82, 2.24) is 4.90 Å². The van der Waals surface area contributed by atoms with Gasteiger partial charge < -0.3 is 4.90 Å². The second kappa shape index (κ2) is 5.57. The molecule has 0 aliphatic carbocycles. The van der Waals surface area contributed by atoms with Crippen LogP contribution in [0.3, 0.4) is 0 Å². The minimum Gasteiger partial charge on any atom is -0.337 e. The molecule has 18 heavy (non-hydrogen) atoms. The minimum atomic E-state index is -0.553. The maximum Gasteiger partial charge on any atom is 0.255 e. The van der Waals surface area contributed by atoms with E-state index in [4.69, 9.17) is 11.6 Å². The lowest BCUT2D eigenvalue weighted by molar-refractivity contribution is 0.0705. The first-order chi connectivity index (χ1) is 8.50. The van der Waals surface area contributed by atoms with Gasteiger partial charge in [0.2, 0.25) is 0 Å². The second-order valence-corrected chi connectivity index (χ2v) is 6.19. The van der Waals surface area contributed by atoms with Crippen LogP contribution >= 0.6 is 27.5 Å². The van der Waals surface area contributed by atoms with Crippen molar-refractivity contribution in [3.63, 3.8) is 0 Å². The van der Waals surface area contributed by atoms with Crippen LogP contribution in [0, 0.1) is 11.7 Å². The first kappa shape index (κ1) is 13.8. The zero-order chi connectivity index (χ0) is 13.3. The standard InChI is InChI=1S/C13H14BrClFNO/c1-8-5-6-17(7-10(8)14)13(18)9-3-2-4-11(16)12(9)15/h2-4,8,10H,5-7H2,1H3. The Morgan fingerprint density at radius 3 is 2.94 bits per heavy atom. The van der Waals surface area contributed by atoms with Crippen LogP contribution in [0.15, 0.2) is 18.2 Å². The van der Waals surface area contributed by atoms with E-state index in [1.54, 1.807) is 11.0 Å². The molecule has 0 spiro atoms. The van der Waals surface area contributed by atoms with Gasteiger partial charge in [-0.05, 0) is 24.5 Å². The van der Waals surface area contributed by atoms with Crippen LogP contribution < -0.4 is 0 Å². The van der Waals surface area contributed by atoms with E-state index in [-0.39, 0.29) is 21.3 Å². The predicted octanol–water partition coefficient (Wildman–Crippen LogP) is 3.72. The normalized spacial score (nSPS) is 24.1. The molecule has 1 heterocycles. The molecular formula is C13H14BrClFNO. The van der Waals surface area contributed by atoms with Gasteiger partial charge >= 0.3 is 0 Å². The molecule has 5 heteroatoms. The number of halogens is 3. The lowest BCUT2D eigenvalue weighted by Gasteiger charge is -2.34. The number of carbonyl (C=O) groups excluding carboxylic acids is 1. The highest BCUT2D eigenvalue weighted by Gasteiger charge is 2.28. The number of alkyl halides is 1. The Morgan fingerprint density at radius 1 is 1.56 bits per heavy atom. The van der Waals surface area contributed by atoms with E-state index in [9.17, 15) is 9.18 Å². The van der Waals surface area contributed by atoms with Crippen LogP contribution in [0.4, 0.5) is 4.39 Å². The molecule has 1 aliphatic rings. The van der Waals surface area contributed by atoms with Crippen molar-refractivity contribution in [1.29, 1.82) is 0 Å². The highest BCUT2D eigenvalue weighted by atomic mass is 79.9. The fraction of sp³-hybridized carbons (Fsp3) is 0.462. The number of nitrogens with zero attached hydrogens (tertiary/aromatic N) is 1. The lowest BCUT2D eigenvalue weighted by atomic mass is 9.98. The topological polar surface area (TPSA) is 20.3 Å². The van der Waals surface area contributed by atoms with Crippen molar-refractivity contribution in [2.45, 2.75) is 18.2 Å². The predicted molar refractivity (Wildman–Crippen MR) is 73.8 cm³/mol. The average Bonchev–Trinajstić information content (AvgIpc) is 2.35. The zero-order valence-corrected chi connectivity index (χ0v) is 12.3. The largest absolute Gasteiger partial charge is 0.337 e. The van der Waals surface area contributed by atoms with Gasteiger partial charge in [0.15, 0.2) is 0 Å². The summed E-state index contributed by atoms with van der Waals surface area (Å²) in [5.74, 6) is -0.212. The summed E-state index contributed by atoms with van der Waals surface area (Å²) in [6.45, 7) is 3.47. The van der Waals surface area contributed by atoms with Crippen molar-refractivity contribution < 1.29 is 9.18 Å². The Labute approximate surface area is 119 Å². The molecule has 0 aromatic heterocycles. The van der Waals surface area contributed by atoms with E-state index in [0.717, 1.165) is 6.42 Å².